The van der Waals surface area contributed by atoms with Gasteiger partial charge in [-0.1, -0.05) is 24.6 Å². The van der Waals surface area contributed by atoms with Gasteiger partial charge in [0.1, 0.15) is 47.8 Å². The molecule has 0 bridgehead atoms. The molecular formula is C46H77FN16O11. The number of hydrogen-bond donors (Lipinski definition) is 16. The van der Waals surface area contributed by atoms with Crippen molar-refractivity contribution >= 4 is 59.2 Å². The highest BCUT2D eigenvalue weighted by Crippen LogP contribution is 2.21. The van der Waals surface area contributed by atoms with Gasteiger partial charge in [-0.05, 0) is 108 Å². The van der Waals surface area contributed by atoms with E-state index in [-0.39, 0.29) is 82.6 Å². The summed E-state index contributed by atoms with van der Waals surface area (Å²) < 4.78 is 14.4. The van der Waals surface area contributed by atoms with Gasteiger partial charge in [-0.25, -0.2) is 9.18 Å². The van der Waals surface area contributed by atoms with E-state index in [1.54, 1.807) is 0 Å². The van der Waals surface area contributed by atoms with Crippen LogP contribution in [-0.4, -0.2) is 169 Å². The lowest BCUT2D eigenvalue weighted by atomic mass is 10.0. The van der Waals surface area contributed by atoms with E-state index in [4.69, 9.17) is 40.1 Å². The van der Waals surface area contributed by atoms with Crippen LogP contribution in [0.25, 0.3) is 0 Å². The molecule has 0 aliphatic carbocycles. The zero-order chi connectivity index (χ0) is 55.3. The van der Waals surface area contributed by atoms with E-state index in [2.05, 4.69) is 42.2 Å². The minimum absolute atomic E-state index is 0.00463. The van der Waals surface area contributed by atoms with Crippen molar-refractivity contribution in [3.8, 4) is 0 Å². The van der Waals surface area contributed by atoms with Crippen molar-refractivity contribution in [3.05, 3.63) is 47.4 Å². The Morgan fingerprint density at radius 2 is 1.46 bits per heavy atom. The molecule has 27 nitrogen and oxygen atoms in total. The Labute approximate surface area is 428 Å². The first-order chi connectivity index (χ1) is 35.2. The lowest BCUT2D eigenvalue weighted by Gasteiger charge is -2.30. The smallest absolute Gasteiger partial charge is 0.352 e. The van der Waals surface area contributed by atoms with Gasteiger partial charge in [0.15, 0.2) is 5.96 Å². The van der Waals surface area contributed by atoms with E-state index in [0.29, 0.717) is 38.6 Å². The maximum atomic E-state index is 14.4. The van der Waals surface area contributed by atoms with Crippen LogP contribution >= 0.6 is 0 Å². The molecule has 414 valence electrons. The summed E-state index contributed by atoms with van der Waals surface area (Å²) in [7, 11) is 0. The molecule has 1 saturated heterocycles. The number of nitrogens with one attached hydrogen (secondary N) is 7. The number of amides is 8. The first-order valence-corrected chi connectivity index (χ1v) is 24.5. The number of carbonyl (C=O) groups is 9. The Morgan fingerprint density at radius 3 is 2.08 bits per heavy atom. The Kier molecular flexibility index (Phi) is 28.9. The molecule has 23 N–H and O–H groups in total. The van der Waals surface area contributed by atoms with E-state index in [9.17, 15) is 57.8 Å². The van der Waals surface area contributed by atoms with Gasteiger partial charge in [0.2, 0.25) is 47.3 Å². The van der Waals surface area contributed by atoms with Crippen LogP contribution in [0.4, 0.5) is 4.39 Å². The second kappa shape index (κ2) is 33.8. The highest BCUT2D eigenvalue weighted by Gasteiger charge is 2.39. The summed E-state index contributed by atoms with van der Waals surface area (Å²) in [6.45, 7) is 1.03. The molecule has 0 saturated carbocycles. The second-order valence-corrected chi connectivity index (χ2v) is 17.6. The number of nitrogens with zero attached hydrogens (tertiary/aromatic N) is 2. The van der Waals surface area contributed by atoms with Gasteiger partial charge in [0.05, 0.1) is 18.7 Å². The monoisotopic (exact) mass is 1050 g/mol. The van der Waals surface area contributed by atoms with Gasteiger partial charge in [0, 0.05) is 26.1 Å². The van der Waals surface area contributed by atoms with Crippen LogP contribution in [0.5, 0.6) is 0 Å². The van der Waals surface area contributed by atoms with Crippen LogP contribution in [0.15, 0.2) is 41.0 Å². The fourth-order valence-corrected chi connectivity index (χ4v) is 7.61. The number of carboxylic acids is 1. The zero-order valence-electron chi connectivity index (χ0n) is 41.8. The summed E-state index contributed by atoms with van der Waals surface area (Å²) >= 11 is 0. The molecule has 1 aliphatic heterocycles. The van der Waals surface area contributed by atoms with Crippen molar-refractivity contribution in [2.75, 3.05) is 45.8 Å². The topological polar surface area (TPSA) is 476 Å². The average Bonchev–Trinajstić information content (AvgIpc) is 3.86. The lowest BCUT2D eigenvalue weighted by molar-refractivity contribution is -0.142. The number of rotatable bonds is 34. The third-order valence-electron chi connectivity index (χ3n) is 11.7. The van der Waals surface area contributed by atoms with Crippen molar-refractivity contribution < 1.29 is 57.8 Å². The molecule has 1 aromatic carbocycles. The third kappa shape index (κ3) is 22.5. The molecule has 0 spiro atoms. The number of aliphatic hydroxyl groups is 1. The minimum atomic E-state index is -1.57. The predicted octanol–water partition coefficient (Wildman–Crippen LogP) is -5.69. The first kappa shape index (κ1) is 63.3. The maximum Gasteiger partial charge on any atom is 0.352 e. The minimum Gasteiger partial charge on any atom is -0.477 e. The van der Waals surface area contributed by atoms with Crippen LogP contribution < -0.4 is 77.4 Å². The van der Waals surface area contributed by atoms with Gasteiger partial charge in [-0.15, -0.1) is 0 Å². The second-order valence-electron chi connectivity index (χ2n) is 17.6. The fraction of sp³-hybridized carbons (Fsp3) is 0.609. The van der Waals surface area contributed by atoms with Gasteiger partial charge in [-0.3, -0.25) is 43.3 Å². The number of carbonyl (C=O) groups excluding carboxylic acids is 8. The van der Waals surface area contributed by atoms with Crippen LogP contribution in [0.2, 0.25) is 0 Å². The maximum absolute atomic E-state index is 14.4. The third-order valence-corrected chi connectivity index (χ3v) is 11.7. The number of aliphatic imine (C=N–C) groups is 1. The molecule has 2 rings (SSSR count). The van der Waals surface area contributed by atoms with Crippen molar-refractivity contribution in [2.45, 2.75) is 132 Å². The van der Waals surface area contributed by atoms with Crippen LogP contribution in [0.1, 0.15) is 83.1 Å². The number of likely N-dealkylation sites (tertiary alicyclic amines) is 1. The number of carboxylic acid groups (broad SMARTS) is 1. The highest BCUT2D eigenvalue weighted by atomic mass is 19.1. The summed E-state index contributed by atoms with van der Waals surface area (Å²) in [5, 5.41) is 37.4. The Morgan fingerprint density at radius 1 is 0.797 bits per heavy atom. The number of aliphatic carboxylic acids is 1. The van der Waals surface area contributed by atoms with Crippen molar-refractivity contribution in [1.82, 2.24) is 42.1 Å². The fourth-order valence-electron chi connectivity index (χ4n) is 7.61. The van der Waals surface area contributed by atoms with Crippen LogP contribution in [-0.2, 0) is 49.6 Å². The number of benzene rings is 1. The predicted molar refractivity (Wildman–Crippen MR) is 269 cm³/mol. The lowest BCUT2D eigenvalue weighted by Crippen LogP contribution is -2.60. The molecule has 74 heavy (non-hydrogen) atoms. The Bertz CT molecular complexity index is 2110. The van der Waals surface area contributed by atoms with E-state index in [0.717, 1.165) is 6.07 Å². The summed E-state index contributed by atoms with van der Waals surface area (Å²) in [6, 6.07) is -3.87. The number of unbranched alkanes of at least 4 members (excludes halogenated alkanes) is 2. The van der Waals surface area contributed by atoms with E-state index in [1.165, 1.54) is 36.1 Å². The Hall–Kier alpha value is -6.85. The zero-order valence-corrected chi connectivity index (χ0v) is 41.8. The van der Waals surface area contributed by atoms with E-state index in [1.807, 2.05) is 0 Å². The molecule has 1 fully saturated rings. The molecule has 28 heteroatoms. The summed E-state index contributed by atoms with van der Waals surface area (Å²) in [4.78, 5) is 125. The van der Waals surface area contributed by atoms with Crippen LogP contribution in [0.3, 0.4) is 0 Å². The number of hydrogen-bond acceptors (Lipinski definition) is 16. The summed E-state index contributed by atoms with van der Waals surface area (Å²) in [5.74, 6) is -8.96. The first-order valence-electron chi connectivity index (χ1n) is 24.5. The normalized spacial score (nSPS) is 16.2. The molecule has 8 amide bonds. The number of nitrogens with two attached hydrogens (primary N) is 7. The largest absolute Gasteiger partial charge is 0.477 e. The average molecular weight is 1050 g/mol. The van der Waals surface area contributed by atoms with Gasteiger partial charge < -0.3 is 92.5 Å². The SMILES string of the molecule is C[C@H](NC(=O)[C@@H](NC(=O)[C@@H](N)CCCCN)[C@@H](O)CN)C(=O)NCC(=O)N[C@H](CCCN)C(=O)N1CCC[C@H]1C(=O)N[C@@H](Cc1cccc(F)c1)C(=O)N[C@@H](CCCCN)C(=O)N/C(=C\CCN=C(N)N)C(=O)O. The number of guanidine groups is 1. The quantitative estimate of drug-likeness (QED) is 0.0132. The van der Waals surface area contributed by atoms with Crippen molar-refractivity contribution in [1.29, 1.82) is 0 Å². The van der Waals surface area contributed by atoms with E-state index < -0.39 is 126 Å². The van der Waals surface area contributed by atoms with Crippen LogP contribution in [0, 0.1) is 5.82 Å². The Balaban J connectivity index is 2.25. The molecule has 0 unspecified atom stereocenters. The molecule has 0 radical (unpaired) electrons. The van der Waals surface area contributed by atoms with Gasteiger partial charge in [0.25, 0.3) is 0 Å². The van der Waals surface area contributed by atoms with E-state index >= 15 is 0 Å². The number of halogens is 1. The van der Waals surface area contributed by atoms with Crippen molar-refractivity contribution in [2.24, 2.45) is 45.1 Å². The van der Waals surface area contributed by atoms with Gasteiger partial charge >= 0.3 is 5.97 Å². The number of aliphatic hydroxyl groups excluding tert-OH is 1. The van der Waals surface area contributed by atoms with Crippen molar-refractivity contribution in [3.63, 3.8) is 0 Å². The standard InChI is InChI=1S/C46H77FN16O11/c1-26(57-43(71)37(35(64)24-51)62-39(67)29(52)12-2-4-17-48)38(66)56-25-36(65)58-31(14-7-19-50)44(72)63-21-9-16-34(63)42(70)61-33(23-27-10-6-11-28(47)22-27)41(69)59-30(13-3-5-18-49)40(68)60-32(45(73)74)15-8-20-55-46(53)54/h6,10-11,15,22,26,29-31,33-35,37,64H,2-5,7-9,12-14,16-21,23-25,48-52H2,1H3,(H,56,66)(H,57,71)(H,58,65)(H,59,69)(H,60,68)(H,61,70)(H,62,67)(H,73,74)(H4,53,54,55)/b32-15-/t26-,29-,30-,31+,33-,34-,35-,37-/m0/s1. The molecule has 0 aromatic heterocycles. The molecule has 1 aliphatic rings. The summed E-state index contributed by atoms with van der Waals surface area (Å²) in [6.07, 6.45) is 2.34. The highest BCUT2D eigenvalue weighted by molar-refractivity contribution is 5.99. The molecule has 1 aromatic rings. The molecular weight excluding hydrogens is 972 g/mol. The van der Waals surface area contributed by atoms with Gasteiger partial charge in [-0.2, -0.15) is 0 Å². The summed E-state index contributed by atoms with van der Waals surface area (Å²) in [5.41, 5.74) is 38.8. The molecule has 1 heterocycles. The molecule has 8 atom stereocenters.